The van der Waals surface area contributed by atoms with Crippen LogP contribution in [0.2, 0.25) is 5.02 Å². The van der Waals surface area contributed by atoms with E-state index >= 15 is 0 Å². The highest BCUT2D eigenvalue weighted by Gasteiger charge is 2.24. The van der Waals surface area contributed by atoms with Gasteiger partial charge in [-0.05, 0) is 13.8 Å². The van der Waals surface area contributed by atoms with E-state index in [1.165, 1.54) is 6.33 Å². The average Bonchev–Trinajstić information content (AvgIpc) is 2.20. The first-order valence-corrected chi connectivity index (χ1v) is 5.70. The molecule has 2 N–H and O–H groups in total. The van der Waals surface area contributed by atoms with Gasteiger partial charge < -0.3 is 15.2 Å². The van der Waals surface area contributed by atoms with Crippen LogP contribution >= 0.6 is 11.6 Å². The molecule has 0 saturated carbocycles. The molecule has 1 aliphatic heterocycles. The highest BCUT2D eigenvalue weighted by Crippen LogP contribution is 2.20. The largest absolute Gasteiger partial charge is 0.352 e. The van der Waals surface area contributed by atoms with Crippen molar-refractivity contribution in [2.45, 2.75) is 25.9 Å². The molecule has 0 aromatic carbocycles. The molecule has 2 atom stereocenters. The first kappa shape index (κ1) is 11.4. The van der Waals surface area contributed by atoms with E-state index in [-0.39, 0.29) is 10.6 Å². The Morgan fingerprint density at radius 3 is 2.69 bits per heavy atom. The smallest absolute Gasteiger partial charge is 0.271 e. The van der Waals surface area contributed by atoms with Crippen LogP contribution in [-0.4, -0.2) is 35.1 Å². The lowest BCUT2D eigenvalue weighted by Crippen LogP contribution is -2.54. The lowest BCUT2D eigenvalue weighted by Gasteiger charge is -2.36. The summed E-state index contributed by atoms with van der Waals surface area (Å²) in [7, 11) is 0. The molecule has 5 nitrogen and oxygen atoms in total. The van der Waals surface area contributed by atoms with E-state index in [1.54, 1.807) is 0 Å². The summed E-state index contributed by atoms with van der Waals surface area (Å²) >= 11 is 5.95. The number of H-pyrrole nitrogens is 1. The number of piperazine rings is 1. The van der Waals surface area contributed by atoms with E-state index in [1.807, 2.05) is 4.90 Å². The van der Waals surface area contributed by atoms with Crippen LogP contribution in [0.5, 0.6) is 0 Å². The van der Waals surface area contributed by atoms with Crippen LogP contribution in [0.15, 0.2) is 11.1 Å². The Morgan fingerprint density at radius 2 is 2.06 bits per heavy atom. The Kier molecular flexibility index (Phi) is 3.16. The second-order valence-corrected chi connectivity index (χ2v) is 4.62. The van der Waals surface area contributed by atoms with Gasteiger partial charge in [0.15, 0.2) is 5.82 Å². The highest BCUT2D eigenvalue weighted by atomic mass is 35.5. The number of nitrogens with zero attached hydrogens (tertiary/aromatic N) is 2. The SMILES string of the molecule is CC1CN(c2nc[nH]c(=O)c2Cl)CC(C)N1. The predicted octanol–water partition coefficient (Wildman–Crippen LogP) is 0.610. The molecule has 1 aromatic rings. The van der Waals surface area contributed by atoms with E-state index in [9.17, 15) is 4.79 Å². The van der Waals surface area contributed by atoms with E-state index in [0.29, 0.717) is 17.9 Å². The van der Waals surface area contributed by atoms with Crippen LogP contribution in [0.25, 0.3) is 0 Å². The van der Waals surface area contributed by atoms with Gasteiger partial charge in [0, 0.05) is 25.2 Å². The maximum absolute atomic E-state index is 11.4. The van der Waals surface area contributed by atoms with Crippen molar-refractivity contribution < 1.29 is 0 Å². The fourth-order valence-corrected chi connectivity index (χ4v) is 2.32. The molecule has 2 heterocycles. The number of hydrogen-bond acceptors (Lipinski definition) is 4. The van der Waals surface area contributed by atoms with Crippen molar-refractivity contribution >= 4 is 17.4 Å². The monoisotopic (exact) mass is 242 g/mol. The number of anilines is 1. The van der Waals surface area contributed by atoms with E-state index in [2.05, 4.69) is 29.1 Å². The zero-order chi connectivity index (χ0) is 11.7. The number of halogens is 1. The third-order valence-corrected chi connectivity index (χ3v) is 2.98. The zero-order valence-electron chi connectivity index (χ0n) is 9.33. The minimum absolute atomic E-state index is 0.170. The Hall–Kier alpha value is -1.07. The van der Waals surface area contributed by atoms with Crippen LogP contribution < -0.4 is 15.8 Å². The van der Waals surface area contributed by atoms with Gasteiger partial charge in [-0.1, -0.05) is 11.6 Å². The molecule has 88 valence electrons. The summed E-state index contributed by atoms with van der Waals surface area (Å²) in [5.74, 6) is 0.575. The van der Waals surface area contributed by atoms with Crippen molar-refractivity contribution in [3.63, 3.8) is 0 Å². The molecule has 2 unspecified atom stereocenters. The first-order valence-electron chi connectivity index (χ1n) is 5.32. The minimum Gasteiger partial charge on any atom is -0.352 e. The molecule has 1 fully saturated rings. The summed E-state index contributed by atoms with van der Waals surface area (Å²) < 4.78 is 0. The number of hydrogen-bond donors (Lipinski definition) is 2. The van der Waals surface area contributed by atoms with Gasteiger partial charge in [-0.3, -0.25) is 4.79 Å². The van der Waals surface area contributed by atoms with Gasteiger partial charge in [0.05, 0.1) is 6.33 Å². The summed E-state index contributed by atoms with van der Waals surface area (Å²) in [5.41, 5.74) is -0.287. The number of nitrogens with one attached hydrogen (secondary N) is 2. The topological polar surface area (TPSA) is 61.0 Å². The maximum atomic E-state index is 11.4. The van der Waals surface area contributed by atoms with Crippen molar-refractivity contribution in [1.29, 1.82) is 0 Å². The molecular weight excluding hydrogens is 228 g/mol. The molecule has 0 bridgehead atoms. The molecule has 2 rings (SSSR count). The van der Waals surface area contributed by atoms with Crippen LogP contribution in [-0.2, 0) is 0 Å². The van der Waals surface area contributed by atoms with Gasteiger partial charge in [-0.15, -0.1) is 0 Å². The summed E-state index contributed by atoms with van der Waals surface area (Å²) in [6.45, 7) is 5.81. The molecule has 1 saturated heterocycles. The second kappa shape index (κ2) is 4.43. The number of rotatable bonds is 1. The van der Waals surface area contributed by atoms with Gasteiger partial charge in [0.25, 0.3) is 5.56 Å². The molecule has 16 heavy (non-hydrogen) atoms. The molecule has 1 aliphatic rings. The van der Waals surface area contributed by atoms with Gasteiger partial charge in [-0.2, -0.15) is 0 Å². The molecular formula is C10H15ClN4O. The van der Waals surface area contributed by atoms with Crippen LogP contribution in [0.3, 0.4) is 0 Å². The van der Waals surface area contributed by atoms with Gasteiger partial charge in [0.1, 0.15) is 5.02 Å². The zero-order valence-corrected chi connectivity index (χ0v) is 10.1. The lowest BCUT2D eigenvalue weighted by atomic mass is 10.1. The van der Waals surface area contributed by atoms with Crippen LogP contribution in [0.1, 0.15) is 13.8 Å². The Morgan fingerprint density at radius 1 is 1.44 bits per heavy atom. The van der Waals surface area contributed by atoms with Crippen LogP contribution in [0.4, 0.5) is 5.82 Å². The summed E-state index contributed by atoms with van der Waals surface area (Å²) in [6, 6.07) is 0.724. The fraction of sp³-hybridized carbons (Fsp3) is 0.600. The van der Waals surface area contributed by atoms with Crippen molar-refractivity contribution in [3.05, 3.63) is 21.7 Å². The van der Waals surface area contributed by atoms with E-state index in [0.717, 1.165) is 13.1 Å². The van der Waals surface area contributed by atoms with Crippen molar-refractivity contribution in [1.82, 2.24) is 15.3 Å². The van der Waals surface area contributed by atoms with E-state index in [4.69, 9.17) is 11.6 Å². The fourth-order valence-electron chi connectivity index (χ4n) is 2.09. The minimum atomic E-state index is -0.287. The number of aromatic nitrogens is 2. The molecule has 6 heteroatoms. The van der Waals surface area contributed by atoms with Crippen molar-refractivity contribution in [3.8, 4) is 0 Å². The predicted molar refractivity (Wildman–Crippen MR) is 64.1 cm³/mol. The summed E-state index contributed by atoms with van der Waals surface area (Å²) in [4.78, 5) is 20.0. The maximum Gasteiger partial charge on any atom is 0.271 e. The molecule has 1 aromatic heterocycles. The normalized spacial score (nSPS) is 25.8. The lowest BCUT2D eigenvalue weighted by molar-refractivity contribution is 0.405. The third-order valence-electron chi connectivity index (χ3n) is 2.64. The average molecular weight is 243 g/mol. The molecule has 0 amide bonds. The summed E-state index contributed by atoms with van der Waals surface area (Å²) in [5, 5.41) is 3.58. The Labute approximate surface area is 98.8 Å². The third kappa shape index (κ3) is 2.20. The van der Waals surface area contributed by atoms with Gasteiger partial charge in [0.2, 0.25) is 0 Å². The second-order valence-electron chi connectivity index (χ2n) is 4.24. The number of aromatic amines is 1. The Balaban J connectivity index is 2.30. The highest BCUT2D eigenvalue weighted by molar-refractivity contribution is 6.32. The Bertz CT molecular complexity index is 423. The van der Waals surface area contributed by atoms with E-state index < -0.39 is 0 Å². The van der Waals surface area contributed by atoms with Gasteiger partial charge in [-0.25, -0.2) is 4.98 Å². The molecule has 0 spiro atoms. The molecule has 0 aliphatic carbocycles. The molecule has 0 radical (unpaired) electrons. The first-order chi connectivity index (χ1) is 7.58. The van der Waals surface area contributed by atoms with Crippen molar-refractivity contribution in [2.24, 2.45) is 0 Å². The standard InChI is InChI=1S/C10H15ClN4O/c1-6-3-15(4-7(2)14-6)9-8(11)10(16)13-5-12-9/h5-7,14H,3-4H2,1-2H3,(H,12,13,16). The summed E-state index contributed by atoms with van der Waals surface area (Å²) in [6.07, 6.45) is 1.39. The van der Waals surface area contributed by atoms with Gasteiger partial charge >= 0.3 is 0 Å². The van der Waals surface area contributed by atoms with Crippen LogP contribution in [0, 0.1) is 0 Å². The van der Waals surface area contributed by atoms with Crippen molar-refractivity contribution in [2.75, 3.05) is 18.0 Å². The quantitative estimate of drug-likeness (QED) is 0.758.